The molecule has 90 valence electrons. The molecule has 0 aromatic carbocycles. The van der Waals surface area contributed by atoms with Gasteiger partial charge in [-0.2, -0.15) is 5.10 Å². The van der Waals surface area contributed by atoms with Gasteiger partial charge in [0.25, 0.3) is 0 Å². The molecule has 0 atom stereocenters. The van der Waals surface area contributed by atoms with Crippen LogP contribution in [0, 0.1) is 6.92 Å². The first kappa shape index (κ1) is 11.6. The van der Waals surface area contributed by atoms with Crippen LogP contribution < -0.4 is 5.32 Å². The Kier molecular flexibility index (Phi) is 3.64. The standard InChI is InChI=1S/C13H23N3/c1-10-13(11-7-5-4-6-8-11)12(9-14-2)16(3)15-10/h11,14H,4-9H2,1-3H3. The molecular formula is C13H23N3. The fourth-order valence-corrected chi connectivity index (χ4v) is 3.02. The first-order valence-corrected chi connectivity index (χ1v) is 6.41. The Labute approximate surface area is 98.2 Å². The SMILES string of the molecule is CNCc1c(C2CCCCC2)c(C)nn1C. The van der Waals surface area contributed by atoms with Gasteiger partial charge in [0, 0.05) is 19.2 Å². The van der Waals surface area contributed by atoms with Gasteiger partial charge < -0.3 is 5.32 Å². The minimum atomic E-state index is 0.755. The van der Waals surface area contributed by atoms with Crippen LogP contribution in [0.1, 0.15) is 55.0 Å². The summed E-state index contributed by atoms with van der Waals surface area (Å²) in [5, 5.41) is 7.84. The lowest BCUT2D eigenvalue weighted by molar-refractivity contribution is 0.439. The Hall–Kier alpha value is -0.830. The predicted molar refractivity (Wildman–Crippen MR) is 66.5 cm³/mol. The summed E-state index contributed by atoms with van der Waals surface area (Å²) >= 11 is 0. The van der Waals surface area contributed by atoms with Gasteiger partial charge in [-0.3, -0.25) is 4.68 Å². The number of aromatic nitrogens is 2. The molecule has 1 aliphatic rings. The van der Waals surface area contributed by atoms with Crippen LogP contribution in [0.25, 0.3) is 0 Å². The summed E-state index contributed by atoms with van der Waals surface area (Å²) in [4.78, 5) is 0. The fraction of sp³-hybridized carbons (Fsp3) is 0.769. The third-order valence-electron chi connectivity index (χ3n) is 3.75. The Bertz CT molecular complexity index is 348. The lowest BCUT2D eigenvalue weighted by atomic mass is 9.83. The van der Waals surface area contributed by atoms with E-state index in [-0.39, 0.29) is 0 Å². The average Bonchev–Trinajstić information content (AvgIpc) is 2.56. The van der Waals surface area contributed by atoms with Crippen molar-refractivity contribution in [1.29, 1.82) is 0 Å². The summed E-state index contributed by atoms with van der Waals surface area (Å²) in [7, 11) is 4.07. The van der Waals surface area contributed by atoms with Crippen molar-refractivity contribution >= 4 is 0 Å². The third kappa shape index (κ3) is 2.14. The highest BCUT2D eigenvalue weighted by Crippen LogP contribution is 2.35. The molecule has 0 saturated heterocycles. The van der Waals surface area contributed by atoms with Crippen molar-refractivity contribution in [2.75, 3.05) is 7.05 Å². The van der Waals surface area contributed by atoms with E-state index in [0.717, 1.165) is 12.5 Å². The van der Waals surface area contributed by atoms with Gasteiger partial charge in [0.15, 0.2) is 0 Å². The molecule has 16 heavy (non-hydrogen) atoms. The van der Waals surface area contributed by atoms with Gasteiger partial charge in [0.1, 0.15) is 0 Å². The molecule has 0 aliphatic heterocycles. The van der Waals surface area contributed by atoms with Crippen molar-refractivity contribution in [2.24, 2.45) is 7.05 Å². The van der Waals surface area contributed by atoms with Gasteiger partial charge in [-0.15, -0.1) is 0 Å². The molecular weight excluding hydrogens is 198 g/mol. The maximum absolute atomic E-state index is 4.58. The summed E-state index contributed by atoms with van der Waals surface area (Å²) in [5.41, 5.74) is 4.14. The largest absolute Gasteiger partial charge is 0.314 e. The van der Waals surface area contributed by atoms with E-state index in [9.17, 15) is 0 Å². The van der Waals surface area contributed by atoms with Crippen molar-refractivity contribution in [3.8, 4) is 0 Å². The number of hydrogen-bond acceptors (Lipinski definition) is 2. The maximum atomic E-state index is 4.58. The van der Waals surface area contributed by atoms with Crippen LogP contribution in [-0.2, 0) is 13.6 Å². The predicted octanol–water partition coefficient (Wildman–Crippen LogP) is 2.50. The van der Waals surface area contributed by atoms with E-state index in [0.29, 0.717) is 0 Å². The second-order valence-electron chi connectivity index (χ2n) is 4.93. The average molecular weight is 221 g/mol. The lowest BCUT2D eigenvalue weighted by Gasteiger charge is -2.22. The van der Waals surface area contributed by atoms with E-state index in [2.05, 4.69) is 29.1 Å². The lowest BCUT2D eigenvalue weighted by Crippen LogP contribution is -2.14. The van der Waals surface area contributed by atoms with Crippen LogP contribution in [-0.4, -0.2) is 16.8 Å². The van der Waals surface area contributed by atoms with Gasteiger partial charge in [-0.05, 0) is 32.7 Å². The molecule has 3 nitrogen and oxygen atoms in total. The second-order valence-corrected chi connectivity index (χ2v) is 4.93. The van der Waals surface area contributed by atoms with Crippen molar-refractivity contribution in [3.05, 3.63) is 17.0 Å². The molecule has 2 rings (SSSR count). The number of aryl methyl sites for hydroxylation is 2. The Morgan fingerprint density at radius 3 is 2.62 bits per heavy atom. The summed E-state index contributed by atoms with van der Waals surface area (Å²) in [5.74, 6) is 0.755. The van der Waals surface area contributed by atoms with E-state index in [1.165, 1.54) is 49.1 Å². The first-order chi connectivity index (χ1) is 7.74. The van der Waals surface area contributed by atoms with Crippen LogP contribution in [0.15, 0.2) is 0 Å². The molecule has 0 bridgehead atoms. The zero-order valence-corrected chi connectivity index (χ0v) is 10.7. The molecule has 1 aromatic heterocycles. The highest BCUT2D eigenvalue weighted by molar-refractivity contribution is 5.30. The topological polar surface area (TPSA) is 29.9 Å². The number of hydrogen-bond donors (Lipinski definition) is 1. The maximum Gasteiger partial charge on any atom is 0.0631 e. The van der Waals surface area contributed by atoms with Crippen LogP contribution >= 0.6 is 0 Å². The molecule has 3 heteroatoms. The van der Waals surface area contributed by atoms with Crippen LogP contribution in [0.4, 0.5) is 0 Å². The molecule has 0 unspecified atom stereocenters. The third-order valence-corrected chi connectivity index (χ3v) is 3.75. The van der Waals surface area contributed by atoms with Gasteiger partial charge in [-0.25, -0.2) is 0 Å². The molecule has 1 saturated carbocycles. The van der Waals surface area contributed by atoms with Gasteiger partial charge >= 0.3 is 0 Å². The molecule has 0 radical (unpaired) electrons. The minimum Gasteiger partial charge on any atom is -0.314 e. The van der Waals surface area contributed by atoms with Gasteiger partial charge in [0.05, 0.1) is 11.4 Å². The van der Waals surface area contributed by atoms with Crippen LogP contribution in [0.3, 0.4) is 0 Å². The quantitative estimate of drug-likeness (QED) is 0.850. The highest BCUT2D eigenvalue weighted by atomic mass is 15.3. The van der Waals surface area contributed by atoms with Crippen molar-refractivity contribution in [3.63, 3.8) is 0 Å². The minimum absolute atomic E-state index is 0.755. The van der Waals surface area contributed by atoms with E-state index < -0.39 is 0 Å². The Morgan fingerprint density at radius 1 is 1.31 bits per heavy atom. The summed E-state index contributed by atoms with van der Waals surface area (Å²) < 4.78 is 2.05. The zero-order valence-electron chi connectivity index (χ0n) is 10.7. The first-order valence-electron chi connectivity index (χ1n) is 6.41. The van der Waals surface area contributed by atoms with Crippen LogP contribution in [0.5, 0.6) is 0 Å². The number of rotatable bonds is 3. The normalized spacial score (nSPS) is 17.9. The number of nitrogens with one attached hydrogen (secondary N) is 1. The van der Waals surface area contributed by atoms with Crippen LogP contribution in [0.2, 0.25) is 0 Å². The molecule has 1 aliphatic carbocycles. The zero-order chi connectivity index (χ0) is 11.5. The van der Waals surface area contributed by atoms with Gasteiger partial charge in [-0.1, -0.05) is 19.3 Å². The summed E-state index contributed by atoms with van der Waals surface area (Å²) in [6, 6.07) is 0. The van der Waals surface area contributed by atoms with E-state index in [1.807, 2.05) is 7.05 Å². The fourth-order valence-electron chi connectivity index (χ4n) is 3.02. The molecule has 1 aromatic rings. The summed E-state index contributed by atoms with van der Waals surface area (Å²) in [6.45, 7) is 3.09. The second kappa shape index (κ2) is 5.00. The molecule has 1 N–H and O–H groups in total. The monoisotopic (exact) mass is 221 g/mol. The Morgan fingerprint density at radius 2 is 2.00 bits per heavy atom. The smallest absolute Gasteiger partial charge is 0.0631 e. The van der Waals surface area contributed by atoms with Crippen molar-refractivity contribution in [1.82, 2.24) is 15.1 Å². The highest BCUT2D eigenvalue weighted by Gasteiger charge is 2.23. The summed E-state index contributed by atoms with van der Waals surface area (Å²) in [6.07, 6.45) is 6.89. The van der Waals surface area contributed by atoms with Crippen molar-refractivity contribution in [2.45, 2.75) is 51.5 Å². The molecule has 0 spiro atoms. The Balaban J connectivity index is 2.29. The molecule has 1 heterocycles. The van der Waals surface area contributed by atoms with Crippen molar-refractivity contribution < 1.29 is 0 Å². The molecule has 1 fully saturated rings. The van der Waals surface area contributed by atoms with E-state index in [4.69, 9.17) is 0 Å². The van der Waals surface area contributed by atoms with Gasteiger partial charge in [0.2, 0.25) is 0 Å². The number of nitrogens with zero attached hydrogens (tertiary/aromatic N) is 2. The van der Waals surface area contributed by atoms with E-state index in [1.54, 1.807) is 0 Å². The molecule has 0 amide bonds. The van der Waals surface area contributed by atoms with E-state index >= 15 is 0 Å².